The lowest BCUT2D eigenvalue weighted by atomic mass is 10.1. The molecule has 0 saturated carbocycles. The molecular formula is C16H18BrN. The zero-order valence-corrected chi connectivity index (χ0v) is 12.6. The summed E-state index contributed by atoms with van der Waals surface area (Å²) in [4.78, 5) is 0. The van der Waals surface area contributed by atoms with Gasteiger partial charge in [-0.15, -0.1) is 0 Å². The van der Waals surface area contributed by atoms with Crippen LogP contribution in [0.3, 0.4) is 0 Å². The van der Waals surface area contributed by atoms with Crippen LogP contribution in [0.1, 0.15) is 29.7 Å². The van der Waals surface area contributed by atoms with Crippen LogP contribution in [0.2, 0.25) is 0 Å². The molecule has 1 atom stereocenters. The first-order valence-electron chi connectivity index (χ1n) is 6.15. The van der Waals surface area contributed by atoms with E-state index in [4.69, 9.17) is 0 Å². The van der Waals surface area contributed by atoms with Crippen LogP contribution in [0, 0.1) is 13.8 Å². The van der Waals surface area contributed by atoms with Gasteiger partial charge >= 0.3 is 0 Å². The largest absolute Gasteiger partial charge is 0.379 e. The maximum Gasteiger partial charge on any atom is 0.0486 e. The molecule has 1 nitrogen and oxygen atoms in total. The molecular weight excluding hydrogens is 286 g/mol. The van der Waals surface area contributed by atoms with Gasteiger partial charge in [0.1, 0.15) is 0 Å². The topological polar surface area (TPSA) is 12.0 Å². The Morgan fingerprint density at radius 2 is 1.78 bits per heavy atom. The SMILES string of the molecule is Cc1ccc(NC(C)c2cccc(Br)c2)cc1C. The van der Waals surface area contributed by atoms with Crippen LogP contribution in [0.5, 0.6) is 0 Å². The number of halogens is 1. The van der Waals surface area contributed by atoms with E-state index in [1.54, 1.807) is 0 Å². The van der Waals surface area contributed by atoms with Crippen molar-refractivity contribution in [3.63, 3.8) is 0 Å². The van der Waals surface area contributed by atoms with Gasteiger partial charge in [-0.05, 0) is 61.7 Å². The van der Waals surface area contributed by atoms with Gasteiger partial charge in [-0.3, -0.25) is 0 Å². The highest BCUT2D eigenvalue weighted by atomic mass is 79.9. The van der Waals surface area contributed by atoms with E-state index in [1.807, 2.05) is 6.07 Å². The van der Waals surface area contributed by atoms with Gasteiger partial charge in [0.2, 0.25) is 0 Å². The van der Waals surface area contributed by atoms with Crippen LogP contribution in [-0.2, 0) is 0 Å². The van der Waals surface area contributed by atoms with Gasteiger partial charge in [0.05, 0.1) is 0 Å². The van der Waals surface area contributed by atoms with Crippen molar-refractivity contribution in [3.05, 3.63) is 63.6 Å². The number of rotatable bonds is 3. The summed E-state index contributed by atoms with van der Waals surface area (Å²) in [5, 5.41) is 3.53. The highest BCUT2D eigenvalue weighted by molar-refractivity contribution is 9.10. The molecule has 0 aliphatic carbocycles. The zero-order chi connectivity index (χ0) is 13.1. The zero-order valence-electron chi connectivity index (χ0n) is 11.0. The fourth-order valence-corrected chi connectivity index (χ4v) is 2.36. The first-order valence-corrected chi connectivity index (χ1v) is 6.95. The minimum atomic E-state index is 0.296. The number of nitrogens with one attached hydrogen (secondary N) is 1. The van der Waals surface area contributed by atoms with Crippen LogP contribution in [0.25, 0.3) is 0 Å². The van der Waals surface area contributed by atoms with E-state index < -0.39 is 0 Å². The summed E-state index contributed by atoms with van der Waals surface area (Å²) < 4.78 is 1.12. The summed E-state index contributed by atoms with van der Waals surface area (Å²) in [6.07, 6.45) is 0. The molecule has 18 heavy (non-hydrogen) atoms. The Morgan fingerprint density at radius 1 is 1.00 bits per heavy atom. The van der Waals surface area contributed by atoms with Crippen molar-refractivity contribution in [1.29, 1.82) is 0 Å². The van der Waals surface area contributed by atoms with Gasteiger partial charge in [-0.2, -0.15) is 0 Å². The number of hydrogen-bond donors (Lipinski definition) is 1. The molecule has 0 saturated heterocycles. The fraction of sp³-hybridized carbons (Fsp3) is 0.250. The number of anilines is 1. The molecule has 0 aliphatic heterocycles. The van der Waals surface area contributed by atoms with Crippen molar-refractivity contribution in [2.24, 2.45) is 0 Å². The Morgan fingerprint density at radius 3 is 2.44 bits per heavy atom. The van der Waals surface area contributed by atoms with E-state index in [9.17, 15) is 0 Å². The number of hydrogen-bond acceptors (Lipinski definition) is 1. The molecule has 0 aliphatic rings. The minimum Gasteiger partial charge on any atom is -0.379 e. The van der Waals surface area contributed by atoms with Gasteiger partial charge in [0, 0.05) is 16.2 Å². The molecule has 2 heteroatoms. The Balaban J connectivity index is 2.16. The highest BCUT2D eigenvalue weighted by Crippen LogP contribution is 2.23. The van der Waals surface area contributed by atoms with E-state index in [0.717, 1.165) is 4.47 Å². The van der Waals surface area contributed by atoms with Gasteiger partial charge < -0.3 is 5.32 Å². The molecule has 0 fully saturated rings. The molecule has 2 aromatic rings. The summed E-state index contributed by atoms with van der Waals surface area (Å²) in [7, 11) is 0. The molecule has 2 aromatic carbocycles. The first-order chi connectivity index (χ1) is 8.56. The smallest absolute Gasteiger partial charge is 0.0486 e. The second-order valence-electron chi connectivity index (χ2n) is 4.72. The lowest BCUT2D eigenvalue weighted by molar-refractivity contribution is 0.883. The summed E-state index contributed by atoms with van der Waals surface area (Å²) in [5.74, 6) is 0. The summed E-state index contributed by atoms with van der Waals surface area (Å²) in [5.41, 5.74) is 5.10. The monoisotopic (exact) mass is 303 g/mol. The number of benzene rings is 2. The predicted molar refractivity (Wildman–Crippen MR) is 82.1 cm³/mol. The van der Waals surface area contributed by atoms with Crippen LogP contribution >= 0.6 is 15.9 Å². The molecule has 0 aromatic heterocycles. The molecule has 0 amide bonds. The second-order valence-corrected chi connectivity index (χ2v) is 5.64. The van der Waals surface area contributed by atoms with Crippen LogP contribution in [-0.4, -0.2) is 0 Å². The fourth-order valence-electron chi connectivity index (χ4n) is 1.94. The Hall–Kier alpha value is -1.28. The number of aryl methyl sites for hydroxylation is 2. The quantitative estimate of drug-likeness (QED) is 0.817. The molecule has 0 radical (unpaired) electrons. The second kappa shape index (κ2) is 5.57. The third-order valence-electron chi connectivity index (χ3n) is 3.24. The molecule has 94 valence electrons. The lowest BCUT2D eigenvalue weighted by Gasteiger charge is -2.17. The van der Waals surface area contributed by atoms with E-state index in [2.05, 4.69) is 78.4 Å². The van der Waals surface area contributed by atoms with Gasteiger partial charge in [0.25, 0.3) is 0 Å². The summed E-state index contributed by atoms with van der Waals surface area (Å²) in [6, 6.07) is 15.2. The Bertz CT molecular complexity index is 549. The van der Waals surface area contributed by atoms with Crippen molar-refractivity contribution in [3.8, 4) is 0 Å². The maximum absolute atomic E-state index is 3.53. The van der Waals surface area contributed by atoms with E-state index in [0.29, 0.717) is 6.04 Å². The normalized spacial score (nSPS) is 12.2. The van der Waals surface area contributed by atoms with Gasteiger partial charge in [0.15, 0.2) is 0 Å². The minimum absolute atomic E-state index is 0.296. The van der Waals surface area contributed by atoms with Crippen molar-refractivity contribution in [2.45, 2.75) is 26.8 Å². The third kappa shape index (κ3) is 3.14. The van der Waals surface area contributed by atoms with Gasteiger partial charge in [-0.25, -0.2) is 0 Å². The average Bonchev–Trinajstić information content (AvgIpc) is 2.34. The maximum atomic E-state index is 3.53. The molecule has 0 bridgehead atoms. The molecule has 2 rings (SSSR count). The summed E-state index contributed by atoms with van der Waals surface area (Å²) >= 11 is 3.51. The van der Waals surface area contributed by atoms with Gasteiger partial charge in [-0.1, -0.05) is 34.1 Å². The molecule has 1 N–H and O–H groups in total. The van der Waals surface area contributed by atoms with Crippen LogP contribution in [0.15, 0.2) is 46.9 Å². The predicted octanol–water partition coefficient (Wildman–Crippen LogP) is 5.24. The van der Waals surface area contributed by atoms with E-state index in [-0.39, 0.29) is 0 Å². The van der Waals surface area contributed by atoms with Crippen molar-refractivity contribution >= 4 is 21.6 Å². The van der Waals surface area contributed by atoms with Crippen LogP contribution < -0.4 is 5.32 Å². The van der Waals surface area contributed by atoms with E-state index in [1.165, 1.54) is 22.4 Å². The van der Waals surface area contributed by atoms with Crippen molar-refractivity contribution in [1.82, 2.24) is 0 Å². The summed E-state index contributed by atoms with van der Waals surface area (Å²) in [6.45, 7) is 6.46. The van der Waals surface area contributed by atoms with Crippen LogP contribution in [0.4, 0.5) is 5.69 Å². The Kier molecular flexibility index (Phi) is 4.07. The average molecular weight is 304 g/mol. The first kappa shape index (κ1) is 13.2. The molecule has 0 heterocycles. The lowest BCUT2D eigenvalue weighted by Crippen LogP contribution is -2.06. The Labute approximate surface area is 117 Å². The standard InChI is InChI=1S/C16H18BrN/c1-11-7-8-16(9-12(11)2)18-13(3)14-5-4-6-15(17)10-14/h4-10,13,18H,1-3H3. The molecule has 0 spiro atoms. The third-order valence-corrected chi connectivity index (χ3v) is 3.73. The molecule has 1 unspecified atom stereocenters. The van der Waals surface area contributed by atoms with E-state index >= 15 is 0 Å². The highest BCUT2D eigenvalue weighted by Gasteiger charge is 2.06. The van der Waals surface area contributed by atoms with Crippen molar-refractivity contribution in [2.75, 3.05) is 5.32 Å². The van der Waals surface area contributed by atoms with Crippen molar-refractivity contribution < 1.29 is 0 Å².